The molecule has 0 spiro atoms. The molecule has 2 aliphatic rings. The van der Waals surface area contributed by atoms with Crippen LogP contribution in [0.5, 0.6) is 0 Å². The van der Waals surface area contributed by atoms with Gasteiger partial charge in [-0.05, 0) is 80.5 Å². The number of hydrogen-bond acceptors (Lipinski definition) is 2. The Balaban J connectivity index is 1.55. The lowest BCUT2D eigenvalue weighted by Crippen LogP contribution is -2.37. The average molecular weight is 484 g/mol. The van der Waals surface area contributed by atoms with Crippen LogP contribution in [0.4, 0.5) is 10.5 Å². The number of carbonyl (C=O) groups is 1. The second-order valence-corrected chi connectivity index (χ2v) is 10.2. The predicted molar refractivity (Wildman–Crippen MR) is 127 cm³/mol. The minimum Gasteiger partial charge on any atom is -0.312 e. The van der Waals surface area contributed by atoms with E-state index in [0.717, 1.165) is 28.6 Å². The maximum atomic E-state index is 13.5. The zero-order valence-corrected chi connectivity index (χ0v) is 19.8. The summed E-state index contributed by atoms with van der Waals surface area (Å²) in [5, 5.41) is 4.47. The van der Waals surface area contributed by atoms with Gasteiger partial charge in [-0.25, -0.2) is 4.79 Å². The second-order valence-electron chi connectivity index (χ2n) is 8.24. The second kappa shape index (κ2) is 7.89. The average Bonchev–Trinajstić information content (AvgIpc) is 3.33. The third-order valence-corrected chi connectivity index (χ3v) is 8.58. The summed E-state index contributed by atoms with van der Waals surface area (Å²) >= 11 is 5.47. The number of aromatic nitrogens is 1. The van der Waals surface area contributed by atoms with Crippen LogP contribution in [0.25, 0.3) is 5.00 Å². The van der Waals surface area contributed by atoms with Crippen LogP contribution in [-0.4, -0.2) is 15.5 Å². The topological polar surface area (TPSA) is 37.3 Å². The molecule has 0 bridgehead atoms. The van der Waals surface area contributed by atoms with Gasteiger partial charge in [-0.3, -0.25) is 0 Å². The molecule has 1 N–H and O–H groups in total. The normalized spacial score (nSPS) is 17.7. The van der Waals surface area contributed by atoms with E-state index in [4.69, 9.17) is 0 Å². The highest BCUT2D eigenvalue weighted by molar-refractivity contribution is 9.10. The summed E-state index contributed by atoms with van der Waals surface area (Å²) < 4.78 is 3.39. The quantitative estimate of drug-likeness (QED) is 0.418. The highest BCUT2D eigenvalue weighted by atomic mass is 79.9. The summed E-state index contributed by atoms with van der Waals surface area (Å²) in [4.78, 5) is 17.1. The predicted octanol–water partition coefficient (Wildman–Crippen LogP) is 6.99. The largest absolute Gasteiger partial charge is 0.322 e. The molecule has 0 fully saturated rings. The number of nitrogens with one attached hydrogen (secondary N) is 1. The van der Waals surface area contributed by atoms with Gasteiger partial charge in [-0.15, -0.1) is 11.3 Å². The fraction of sp³-hybridized carbons (Fsp3) is 0.375. The van der Waals surface area contributed by atoms with E-state index in [1.807, 2.05) is 41.4 Å². The van der Waals surface area contributed by atoms with E-state index in [1.54, 1.807) is 0 Å². The molecule has 1 aliphatic heterocycles. The first-order valence-electron chi connectivity index (χ1n) is 10.7. The maximum Gasteiger partial charge on any atom is 0.322 e. The first kappa shape index (κ1) is 19.9. The molecule has 3 heterocycles. The van der Waals surface area contributed by atoms with Crippen molar-refractivity contribution in [3.8, 4) is 5.00 Å². The standard InChI is InChI=1S/C24H26BrN3OS/c1-3-20-21-8-6-12-27(21)23-18(17-7-4-5-9-22(17)30-23)14-28(20)24(29)26-16-10-11-19(25)15(2)13-16/h6,8,10-13,20H,3-5,7,9,14H2,1-2H3,(H,26,29). The number of nitrogens with zero attached hydrogens (tertiary/aromatic N) is 2. The summed E-state index contributed by atoms with van der Waals surface area (Å²) in [6.45, 7) is 4.88. The third kappa shape index (κ3) is 3.30. The van der Waals surface area contributed by atoms with Crippen molar-refractivity contribution in [1.82, 2.24) is 9.47 Å². The molecule has 30 heavy (non-hydrogen) atoms. The van der Waals surface area contributed by atoms with Crippen molar-refractivity contribution in [2.75, 3.05) is 5.32 Å². The van der Waals surface area contributed by atoms with Crippen LogP contribution in [0, 0.1) is 6.92 Å². The van der Waals surface area contributed by atoms with Gasteiger partial charge in [0.05, 0.1) is 12.6 Å². The van der Waals surface area contributed by atoms with Gasteiger partial charge >= 0.3 is 6.03 Å². The SMILES string of the molecule is CCC1c2cccn2-c2sc3c(c2CN1C(=O)Nc1ccc(Br)c(C)c1)CCCC3. The van der Waals surface area contributed by atoms with E-state index in [1.165, 1.54) is 46.0 Å². The van der Waals surface area contributed by atoms with Gasteiger partial charge in [-0.2, -0.15) is 0 Å². The molecular formula is C24H26BrN3OS. The van der Waals surface area contributed by atoms with E-state index in [2.05, 4.69) is 51.1 Å². The lowest BCUT2D eigenvalue weighted by atomic mass is 9.95. The number of anilines is 1. The van der Waals surface area contributed by atoms with Crippen LogP contribution in [-0.2, 0) is 19.4 Å². The Bertz CT molecular complexity index is 1120. The first-order valence-corrected chi connectivity index (χ1v) is 12.3. The van der Waals surface area contributed by atoms with E-state index in [-0.39, 0.29) is 12.1 Å². The van der Waals surface area contributed by atoms with Crippen molar-refractivity contribution < 1.29 is 4.79 Å². The number of thiophene rings is 1. The number of aryl methyl sites for hydroxylation is 2. The molecule has 1 aromatic carbocycles. The van der Waals surface area contributed by atoms with Gasteiger partial charge in [0.15, 0.2) is 0 Å². The Morgan fingerprint density at radius 2 is 2.07 bits per heavy atom. The Labute approximate surface area is 190 Å². The fourth-order valence-corrected chi connectivity index (χ4v) is 6.48. The zero-order chi connectivity index (χ0) is 20.8. The van der Waals surface area contributed by atoms with Crippen LogP contribution in [0.1, 0.15) is 59.5 Å². The van der Waals surface area contributed by atoms with Gasteiger partial charge < -0.3 is 14.8 Å². The van der Waals surface area contributed by atoms with E-state index in [9.17, 15) is 4.79 Å². The molecule has 3 aromatic rings. The molecule has 5 rings (SSSR count). The molecule has 6 heteroatoms. The molecule has 2 aromatic heterocycles. The Hall–Kier alpha value is -2.05. The Morgan fingerprint density at radius 3 is 2.87 bits per heavy atom. The van der Waals surface area contributed by atoms with Crippen molar-refractivity contribution in [2.45, 2.75) is 58.5 Å². The van der Waals surface area contributed by atoms with Crippen molar-refractivity contribution in [3.05, 3.63) is 68.3 Å². The minimum atomic E-state index is -0.0278. The summed E-state index contributed by atoms with van der Waals surface area (Å²) in [5.41, 5.74) is 6.00. The van der Waals surface area contributed by atoms with Gasteiger partial charge in [0.2, 0.25) is 0 Å². The summed E-state index contributed by atoms with van der Waals surface area (Å²) in [5.74, 6) is 0. The molecule has 2 amide bonds. The summed E-state index contributed by atoms with van der Waals surface area (Å²) in [6.07, 6.45) is 7.87. The van der Waals surface area contributed by atoms with Crippen LogP contribution >= 0.6 is 27.3 Å². The molecule has 4 nitrogen and oxygen atoms in total. The molecule has 1 unspecified atom stereocenters. The Kier molecular flexibility index (Phi) is 5.23. The van der Waals surface area contributed by atoms with Gasteiger partial charge in [-0.1, -0.05) is 22.9 Å². The molecule has 0 radical (unpaired) electrons. The van der Waals surface area contributed by atoms with E-state index < -0.39 is 0 Å². The summed E-state index contributed by atoms with van der Waals surface area (Å²) in [6, 6.07) is 10.3. The van der Waals surface area contributed by atoms with Gasteiger partial charge in [0, 0.05) is 32.5 Å². The van der Waals surface area contributed by atoms with Crippen molar-refractivity contribution in [2.24, 2.45) is 0 Å². The van der Waals surface area contributed by atoms with Crippen molar-refractivity contribution >= 4 is 39.0 Å². The molecule has 1 atom stereocenters. The third-order valence-electron chi connectivity index (χ3n) is 6.36. The zero-order valence-electron chi connectivity index (χ0n) is 17.4. The number of halogens is 1. The van der Waals surface area contributed by atoms with Gasteiger partial charge in [0.1, 0.15) is 5.00 Å². The number of rotatable bonds is 2. The number of carbonyl (C=O) groups excluding carboxylic acids is 1. The molecule has 156 valence electrons. The monoisotopic (exact) mass is 483 g/mol. The van der Waals surface area contributed by atoms with Crippen molar-refractivity contribution in [3.63, 3.8) is 0 Å². The highest BCUT2D eigenvalue weighted by Crippen LogP contribution is 2.43. The molecule has 0 saturated carbocycles. The Morgan fingerprint density at radius 1 is 1.23 bits per heavy atom. The first-order chi connectivity index (χ1) is 14.6. The van der Waals surface area contributed by atoms with E-state index >= 15 is 0 Å². The number of benzene rings is 1. The van der Waals surface area contributed by atoms with E-state index in [0.29, 0.717) is 6.54 Å². The van der Waals surface area contributed by atoms with Gasteiger partial charge in [0.25, 0.3) is 0 Å². The fourth-order valence-electron chi connectivity index (χ4n) is 4.83. The molecule has 1 aliphatic carbocycles. The number of urea groups is 1. The highest BCUT2D eigenvalue weighted by Gasteiger charge is 2.34. The lowest BCUT2D eigenvalue weighted by Gasteiger charge is -2.30. The van der Waals surface area contributed by atoms with Crippen LogP contribution in [0.15, 0.2) is 41.0 Å². The number of fused-ring (bicyclic) bond motifs is 5. The summed E-state index contributed by atoms with van der Waals surface area (Å²) in [7, 11) is 0. The molecule has 0 saturated heterocycles. The smallest absolute Gasteiger partial charge is 0.312 e. The lowest BCUT2D eigenvalue weighted by molar-refractivity contribution is 0.181. The number of hydrogen-bond donors (Lipinski definition) is 1. The molecular weight excluding hydrogens is 458 g/mol. The van der Waals surface area contributed by atoms with Crippen molar-refractivity contribution in [1.29, 1.82) is 0 Å². The van der Waals surface area contributed by atoms with Crippen LogP contribution in [0.3, 0.4) is 0 Å². The van der Waals surface area contributed by atoms with Crippen LogP contribution in [0.2, 0.25) is 0 Å². The minimum absolute atomic E-state index is 0.0278. The number of amides is 2. The van der Waals surface area contributed by atoms with Crippen LogP contribution < -0.4 is 5.32 Å². The maximum absolute atomic E-state index is 13.5.